The molecule has 0 radical (unpaired) electrons. The second-order valence-electron chi connectivity index (χ2n) is 13.9. The minimum Gasteiger partial charge on any atom is -0.480 e. The van der Waals surface area contributed by atoms with Crippen LogP contribution in [-0.2, 0) is 22.7 Å². The molecule has 288 valence electrons. The van der Waals surface area contributed by atoms with Crippen molar-refractivity contribution in [3.63, 3.8) is 0 Å². The Balaban J connectivity index is 0.984. The summed E-state index contributed by atoms with van der Waals surface area (Å²) in [5.74, 6) is -2.24. The number of carboxylic acids is 1. The van der Waals surface area contributed by atoms with Gasteiger partial charge in [-0.1, -0.05) is 30.3 Å². The fourth-order valence-electron chi connectivity index (χ4n) is 7.26. The van der Waals surface area contributed by atoms with Gasteiger partial charge in [-0.3, -0.25) is 24.2 Å². The van der Waals surface area contributed by atoms with E-state index in [1.807, 2.05) is 34.9 Å². The average molecular weight is 767 g/mol. The van der Waals surface area contributed by atoms with Crippen LogP contribution in [0.1, 0.15) is 75.0 Å². The fourth-order valence-corrected chi connectivity index (χ4v) is 7.26. The number of carbonyl (C=O) groups excluding carboxylic acids is 3. The molecule has 0 aliphatic carbocycles. The highest BCUT2D eigenvalue weighted by molar-refractivity contribution is 6.03. The molecule has 16 nitrogen and oxygen atoms in total. The second kappa shape index (κ2) is 16.1. The topological polar surface area (TPSA) is 251 Å². The van der Waals surface area contributed by atoms with Gasteiger partial charge in [0, 0.05) is 53.0 Å². The first-order valence-corrected chi connectivity index (χ1v) is 18.3. The van der Waals surface area contributed by atoms with Crippen LogP contribution in [0.15, 0.2) is 83.8 Å². The molecule has 6 aromatic rings. The number of aryl methyl sites for hydroxylation is 1. The third-order valence-electron chi connectivity index (χ3n) is 10.2. The number of nitrogens with two attached hydrogens (primary N) is 1. The van der Waals surface area contributed by atoms with Crippen LogP contribution >= 0.6 is 0 Å². The molecule has 4 heterocycles. The number of Topliss-reactive ketones (excluding diaryl/α,β-unsaturated/α-hetero) is 1. The van der Waals surface area contributed by atoms with Crippen molar-refractivity contribution in [2.45, 2.75) is 57.8 Å². The van der Waals surface area contributed by atoms with Crippen LogP contribution in [0.25, 0.3) is 22.1 Å². The van der Waals surface area contributed by atoms with Gasteiger partial charge in [0.2, 0.25) is 11.9 Å². The number of aliphatic carboxylic acids is 1. The number of aromatic nitrogens is 5. The lowest BCUT2D eigenvalue weighted by Crippen LogP contribution is -2.41. The van der Waals surface area contributed by atoms with E-state index in [1.165, 1.54) is 18.3 Å². The number of piperidine rings is 1. The Bertz CT molecular complexity index is 2630. The third-order valence-corrected chi connectivity index (χ3v) is 10.2. The number of benzene rings is 3. The monoisotopic (exact) mass is 766 g/mol. The van der Waals surface area contributed by atoms with Crippen molar-refractivity contribution in [2.24, 2.45) is 5.92 Å². The number of ketones is 1. The molecule has 3 aromatic carbocycles. The van der Waals surface area contributed by atoms with Gasteiger partial charge in [0.1, 0.15) is 17.8 Å². The van der Waals surface area contributed by atoms with E-state index in [0.717, 1.165) is 16.5 Å². The molecule has 57 heavy (non-hydrogen) atoms. The van der Waals surface area contributed by atoms with Gasteiger partial charge < -0.3 is 31.4 Å². The van der Waals surface area contributed by atoms with Crippen molar-refractivity contribution < 1.29 is 24.3 Å². The van der Waals surface area contributed by atoms with Gasteiger partial charge >= 0.3 is 5.97 Å². The van der Waals surface area contributed by atoms with Gasteiger partial charge in [-0.2, -0.15) is 10.2 Å². The summed E-state index contributed by atoms with van der Waals surface area (Å²) in [6.07, 6.45) is 2.21. The van der Waals surface area contributed by atoms with E-state index in [4.69, 9.17) is 5.73 Å². The van der Waals surface area contributed by atoms with E-state index in [2.05, 4.69) is 42.0 Å². The third kappa shape index (κ3) is 8.17. The zero-order valence-corrected chi connectivity index (χ0v) is 30.8. The number of anilines is 2. The number of hydrogen-bond acceptors (Lipinski definition) is 11. The molecule has 1 aliphatic rings. The predicted molar refractivity (Wildman–Crippen MR) is 210 cm³/mol. The van der Waals surface area contributed by atoms with E-state index >= 15 is 0 Å². The maximum atomic E-state index is 13.5. The van der Waals surface area contributed by atoms with Crippen molar-refractivity contribution in [2.75, 3.05) is 11.1 Å². The Morgan fingerprint density at radius 1 is 1.07 bits per heavy atom. The Hall–Kier alpha value is -7.41. The number of nitrogens with zero attached hydrogens (tertiary/aromatic N) is 5. The molecule has 3 aromatic heterocycles. The number of H-pyrrole nitrogens is 1. The highest BCUT2D eigenvalue weighted by atomic mass is 16.4. The summed E-state index contributed by atoms with van der Waals surface area (Å²) in [5.41, 5.74) is 9.79. The molecule has 0 unspecified atom stereocenters. The molecule has 16 heteroatoms. The quantitative estimate of drug-likeness (QED) is 0.0907. The molecule has 7 rings (SSSR count). The number of rotatable bonds is 13. The molecule has 0 saturated carbocycles. The number of aromatic amines is 1. The molecule has 7 N–H and O–H groups in total. The zero-order valence-electron chi connectivity index (χ0n) is 30.8. The summed E-state index contributed by atoms with van der Waals surface area (Å²) in [4.78, 5) is 78.1. The summed E-state index contributed by atoms with van der Waals surface area (Å²) < 4.78 is 1.94. The van der Waals surface area contributed by atoms with E-state index in [0.29, 0.717) is 47.6 Å². The molecule has 2 amide bonds. The van der Waals surface area contributed by atoms with E-state index in [1.54, 1.807) is 37.3 Å². The standard InChI is InChI=1S/C41H38N10O6/c1-22-29(12-14-32-30(22)17-28(18-42)51(32)21-25-9-16-34(53)48-35(25)23-5-3-2-4-6-23)33(52)15-13-31(40(56)57)47-38(54)24-7-10-26(11-8-24)44-19-27-20-45-37-36(46-27)39(55)50-41(43)49-37/h2-8,10-12,14,17,20,25,31,35,44H,9,13,15-16,19,21H2,1H3,(H,47,54)(H,48,53)(H,56,57)(H3,43,45,49,50,55)/t25-,31-,35-/m0/s1. The van der Waals surface area contributed by atoms with Crippen LogP contribution in [0.2, 0.25) is 0 Å². The highest BCUT2D eigenvalue weighted by Crippen LogP contribution is 2.34. The summed E-state index contributed by atoms with van der Waals surface area (Å²) in [6, 6.07) is 22.1. The molecule has 3 atom stereocenters. The Morgan fingerprint density at radius 2 is 1.84 bits per heavy atom. The van der Waals surface area contributed by atoms with Crippen molar-refractivity contribution in [1.82, 2.24) is 35.1 Å². The van der Waals surface area contributed by atoms with E-state index in [9.17, 15) is 34.3 Å². The number of amides is 2. The molecule has 1 saturated heterocycles. The number of nitriles is 1. The maximum absolute atomic E-state index is 13.5. The van der Waals surface area contributed by atoms with Crippen LogP contribution in [0, 0.1) is 24.2 Å². The van der Waals surface area contributed by atoms with Crippen LogP contribution in [0.5, 0.6) is 0 Å². The lowest BCUT2D eigenvalue weighted by molar-refractivity contribution is -0.139. The first kappa shape index (κ1) is 37.9. The van der Waals surface area contributed by atoms with Crippen LogP contribution in [0.4, 0.5) is 11.6 Å². The van der Waals surface area contributed by atoms with Crippen LogP contribution in [0.3, 0.4) is 0 Å². The zero-order chi connectivity index (χ0) is 40.2. The summed E-state index contributed by atoms with van der Waals surface area (Å²) in [7, 11) is 0. The van der Waals surface area contributed by atoms with Gasteiger partial charge in [-0.25, -0.2) is 14.8 Å². The number of nitrogens with one attached hydrogen (secondary N) is 4. The SMILES string of the molecule is Cc1c(C(=O)CC[C@H](NC(=O)c2ccc(NCc3cnc4nc(N)[nH]c(=O)c4n3)cc2)C(=O)O)ccc2c1cc(C#N)n2C[C@@H]1CCC(=O)N[C@H]1c1ccccc1. The molecular weight excluding hydrogens is 729 g/mol. The Morgan fingerprint density at radius 3 is 2.58 bits per heavy atom. The van der Waals surface area contributed by atoms with Crippen molar-refractivity contribution >= 4 is 57.3 Å². The average Bonchev–Trinajstić information content (AvgIpc) is 3.57. The Labute approximate surface area is 325 Å². The largest absolute Gasteiger partial charge is 0.480 e. The molecule has 1 aliphatic heterocycles. The summed E-state index contributed by atoms with van der Waals surface area (Å²) >= 11 is 0. The number of carbonyl (C=O) groups is 4. The van der Waals surface area contributed by atoms with E-state index < -0.39 is 23.5 Å². The Kier molecular flexibility index (Phi) is 10.7. The first-order valence-electron chi connectivity index (χ1n) is 18.3. The number of fused-ring (bicyclic) bond motifs is 2. The highest BCUT2D eigenvalue weighted by Gasteiger charge is 2.31. The van der Waals surface area contributed by atoms with Crippen molar-refractivity contribution in [3.8, 4) is 6.07 Å². The second-order valence-corrected chi connectivity index (χ2v) is 13.9. The van der Waals surface area contributed by atoms with Crippen molar-refractivity contribution in [3.05, 3.63) is 123 Å². The summed E-state index contributed by atoms with van der Waals surface area (Å²) in [6.45, 7) is 2.49. The van der Waals surface area contributed by atoms with Crippen LogP contribution in [-0.4, -0.2) is 59.2 Å². The normalized spacial score (nSPS) is 15.8. The van der Waals surface area contributed by atoms with E-state index in [-0.39, 0.29) is 65.7 Å². The van der Waals surface area contributed by atoms with Gasteiger partial charge in [0.05, 0.1) is 24.5 Å². The van der Waals surface area contributed by atoms with Crippen LogP contribution < -0.4 is 27.2 Å². The lowest BCUT2D eigenvalue weighted by atomic mass is 9.85. The minimum atomic E-state index is -1.33. The predicted octanol–water partition coefficient (Wildman–Crippen LogP) is 4.16. The van der Waals surface area contributed by atoms with Gasteiger partial charge in [-0.05, 0) is 73.4 Å². The lowest BCUT2D eigenvalue weighted by Gasteiger charge is -2.33. The fraction of sp³-hybridized carbons (Fsp3) is 0.244. The number of nitrogen functional groups attached to an aromatic ring is 1. The summed E-state index contributed by atoms with van der Waals surface area (Å²) in [5, 5.41) is 29.5. The molecule has 0 spiro atoms. The molecule has 1 fully saturated rings. The maximum Gasteiger partial charge on any atom is 0.326 e. The minimum absolute atomic E-state index is 0.0126. The van der Waals surface area contributed by atoms with Gasteiger partial charge in [0.25, 0.3) is 11.5 Å². The first-order chi connectivity index (χ1) is 27.5. The number of hydrogen-bond donors (Lipinski definition) is 6. The molecule has 0 bridgehead atoms. The van der Waals surface area contributed by atoms with Crippen molar-refractivity contribution in [1.29, 1.82) is 5.26 Å². The number of carboxylic acid groups (broad SMARTS) is 1. The smallest absolute Gasteiger partial charge is 0.326 e. The van der Waals surface area contributed by atoms with Gasteiger partial charge in [-0.15, -0.1) is 0 Å². The van der Waals surface area contributed by atoms with Gasteiger partial charge in [0.15, 0.2) is 16.9 Å². The molecular formula is C41H38N10O6.